The summed E-state index contributed by atoms with van der Waals surface area (Å²) in [6.45, 7) is 7.57. The van der Waals surface area contributed by atoms with Gasteiger partial charge in [-0.15, -0.1) is 0 Å². The zero-order valence-electron chi connectivity index (χ0n) is 16.9. The molecule has 2 N–H and O–H groups in total. The summed E-state index contributed by atoms with van der Waals surface area (Å²) in [6.07, 6.45) is 0. The Bertz CT molecular complexity index is 1170. The molecule has 0 aliphatic heterocycles. The van der Waals surface area contributed by atoms with Crippen molar-refractivity contribution in [2.24, 2.45) is 0 Å². The van der Waals surface area contributed by atoms with Gasteiger partial charge < -0.3 is 5.32 Å². The van der Waals surface area contributed by atoms with Gasteiger partial charge in [0.05, 0.1) is 4.90 Å². The third-order valence-corrected chi connectivity index (χ3v) is 6.09. The highest BCUT2D eigenvalue weighted by Gasteiger charge is 2.19. The van der Waals surface area contributed by atoms with Gasteiger partial charge in [0, 0.05) is 16.9 Å². The molecule has 0 fully saturated rings. The number of nitrogens with one attached hydrogen (secondary N) is 2. The van der Waals surface area contributed by atoms with Crippen LogP contribution in [0.4, 0.5) is 11.4 Å². The Morgan fingerprint density at radius 3 is 2.07 bits per heavy atom. The summed E-state index contributed by atoms with van der Waals surface area (Å²) in [5.74, 6) is -0.344. The predicted octanol–water partition coefficient (Wildman–Crippen LogP) is 4.97. The van der Waals surface area contributed by atoms with Crippen LogP contribution >= 0.6 is 0 Å². The lowest BCUT2D eigenvalue weighted by Crippen LogP contribution is -2.17. The fourth-order valence-corrected chi connectivity index (χ4v) is 3.99. The molecule has 0 saturated heterocycles. The maximum atomic E-state index is 12.8. The van der Waals surface area contributed by atoms with Gasteiger partial charge in [0.15, 0.2) is 0 Å². The monoisotopic (exact) mass is 408 g/mol. The first-order valence-electron chi connectivity index (χ1n) is 9.24. The van der Waals surface area contributed by atoms with E-state index < -0.39 is 10.0 Å². The maximum absolute atomic E-state index is 12.8. The van der Waals surface area contributed by atoms with E-state index in [1.165, 1.54) is 12.1 Å². The number of carbonyl (C=O) groups is 1. The Balaban J connectivity index is 1.89. The molecule has 3 aromatic rings. The summed E-state index contributed by atoms with van der Waals surface area (Å²) in [5.41, 5.74) is 5.19. The number of sulfonamides is 1. The molecule has 0 radical (unpaired) electrons. The van der Waals surface area contributed by atoms with Crippen molar-refractivity contribution >= 4 is 27.3 Å². The topological polar surface area (TPSA) is 75.3 Å². The van der Waals surface area contributed by atoms with Crippen molar-refractivity contribution in [3.63, 3.8) is 0 Å². The van der Waals surface area contributed by atoms with Gasteiger partial charge in [-0.1, -0.05) is 35.9 Å². The van der Waals surface area contributed by atoms with E-state index in [4.69, 9.17) is 0 Å². The van der Waals surface area contributed by atoms with E-state index >= 15 is 0 Å². The van der Waals surface area contributed by atoms with Gasteiger partial charge in [0.2, 0.25) is 0 Å². The molecule has 0 saturated carbocycles. The number of benzene rings is 3. The number of amides is 1. The SMILES string of the molecule is Cc1ccc(NS(=O)(=O)c2ccc(C)c(C(=O)Nc3cc(C)ccc3C)c2)cc1. The molecule has 150 valence electrons. The Morgan fingerprint density at radius 1 is 0.759 bits per heavy atom. The number of hydrogen-bond acceptors (Lipinski definition) is 3. The van der Waals surface area contributed by atoms with Gasteiger partial charge in [-0.05, 0) is 74.7 Å². The summed E-state index contributed by atoms with van der Waals surface area (Å²) < 4.78 is 28.1. The van der Waals surface area contributed by atoms with Crippen LogP contribution in [0.5, 0.6) is 0 Å². The van der Waals surface area contributed by atoms with Crippen LogP contribution in [0.25, 0.3) is 0 Å². The first kappa shape index (κ1) is 20.6. The molecule has 1 amide bonds. The van der Waals surface area contributed by atoms with Crippen molar-refractivity contribution in [1.29, 1.82) is 0 Å². The maximum Gasteiger partial charge on any atom is 0.261 e. The molecule has 0 unspecified atom stereocenters. The second-order valence-corrected chi connectivity index (χ2v) is 8.90. The van der Waals surface area contributed by atoms with Crippen molar-refractivity contribution < 1.29 is 13.2 Å². The predicted molar refractivity (Wildman–Crippen MR) is 117 cm³/mol. The molecule has 6 heteroatoms. The van der Waals surface area contributed by atoms with Crippen molar-refractivity contribution in [3.8, 4) is 0 Å². The highest BCUT2D eigenvalue weighted by molar-refractivity contribution is 7.92. The zero-order valence-corrected chi connectivity index (χ0v) is 17.7. The molecular weight excluding hydrogens is 384 g/mol. The van der Waals surface area contributed by atoms with Crippen LogP contribution in [-0.4, -0.2) is 14.3 Å². The summed E-state index contributed by atoms with van der Waals surface area (Å²) >= 11 is 0. The summed E-state index contributed by atoms with van der Waals surface area (Å²) in [5, 5.41) is 2.89. The first-order valence-corrected chi connectivity index (χ1v) is 10.7. The van der Waals surface area contributed by atoms with Crippen LogP contribution < -0.4 is 10.0 Å². The van der Waals surface area contributed by atoms with Gasteiger partial charge in [-0.2, -0.15) is 0 Å². The summed E-state index contributed by atoms with van der Waals surface area (Å²) in [6, 6.07) is 17.4. The highest BCUT2D eigenvalue weighted by Crippen LogP contribution is 2.22. The van der Waals surface area contributed by atoms with Crippen molar-refractivity contribution in [2.45, 2.75) is 32.6 Å². The summed E-state index contributed by atoms with van der Waals surface area (Å²) in [4.78, 5) is 12.9. The lowest BCUT2D eigenvalue weighted by Gasteiger charge is -2.13. The van der Waals surface area contributed by atoms with Gasteiger partial charge >= 0.3 is 0 Å². The molecule has 0 aliphatic rings. The van der Waals surface area contributed by atoms with Crippen LogP contribution in [0.1, 0.15) is 32.6 Å². The fraction of sp³-hybridized carbons (Fsp3) is 0.174. The average molecular weight is 409 g/mol. The van der Waals surface area contributed by atoms with Crippen LogP contribution in [0.15, 0.2) is 65.6 Å². The van der Waals surface area contributed by atoms with E-state index in [-0.39, 0.29) is 10.8 Å². The normalized spacial score (nSPS) is 11.2. The van der Waals surface area contributed by atoms with Crippen molar-refractivity contribution in [3.05, 3.63) is 88.5 Å². The molecule has 5 nitrogen and oxygen atoms in total. The standard InChI is InChI=1S/C23H24N2O3S/c1-15-6-10-19(11-7-15)25-29(27,28)20-12-9-17(3)21(14-20)23(26)24-22-13-16(2)5-8-18(22)4/h5-14,25H,1-4H3,(H,24,26). The minimum absolute atomic E-state index is 0.0368. The second kappa shape index (κ2) is 8.09. The van der Waals surface area contributed by atoms with Crippen molar-refractivity contribution in [1.82, 2.24) is 0 Å². The molecule has 0 bridgehead atoms. The lowest BCUT2D eigenvalue weighted by molar-refractivity contribution is 0.102. The average Bonchev–Trinajstić information content (AvgIpc) is 2.66. The highest BCUT2D eigenvalue weighted by atomic mass is 32.2. The molecular formula is C23H24N2O3S. The van der Waals surface area contributed by atoms with E-state index in [0.717, 1.165) is 16.7 Å². The fourth-order valence-electron chi connectivity index (χ4n) is 2.91. The molecule has 0 aromatic heterocycles. The smallest absolute Gasteiger partial charge is 0.261 e. The van der Waals surface area contributed by atoms with Gasteiger partial charge in [-0.25, -0.2) is 8.42 Å². The van der Waals surface area contributed by atoms with Gasteiger partial charge in [-0.3, -0.25) is 9.52 Å². The molecule has 3 aromatic carbocycles. The third kappa shape index (κ3) is 4.84. The minimum atomic E-state index is -3.82. The summed E-state index contributed by atoms with van der Waals surface area (Å²) in [7, 11) is -3.82. The Kier molecular flexibility index (Phi) is 5.75. The third-order valence-electron chi connectivity index (χ3n) is 4.71. The molecule has 0 aliphatic carbocycles. The Morgan fingerprint density at radius 2 is 1.38 bits per heavy atom. The molecule has 0 heterocycles. The number of aryl methyl sites for hydroxylation is 4. The second-order valence-electron chi connectivity index (χ2n) is 7.22. The number of carbonyl (C=O) groups excluding carboxylic acids is 1. The van der Waals surface area contributed by atoms with E-state index in [1.807, 2.05) is 51.1 Å². The van der Waals surface area contributed by atoms with Gasteiger partial charge in [0.25, 0.3) is 15.9 Å². The molecule has 3 rings (SSSR count). The number of rotatable bonds is 5. The van der Waals surface area contributed by atoms with E-state index in [1.54, 1.807) is 25.1 Å². The minimum Gasteiger partial charge on any atom is -0.322 e. The molecule has 29 heavy (non-hydrogen) atoms. The van der Waals surface area contributed by atoms with Crippen LogP contribution in [0.2, 0.25) is 0 Å². The zero-order chi connectivity index (χ0) is 21.2. The van der Waals surface area contributed by atoms with E-state index in [0.29, 0.717) is 22.5 Å². The largest absolute Gasteiger partial charge is 0.322 e. The first-order chi connectivity index (χ1) is 13.7. The van der Waals surface area contributed by atoms with Gasteiger partial charge in [0.1, 0.15) is 0 Å². The number of hydrogen-bond donors (Lipinski definition) is 2. The molecule has 0 spiro atoms. The van der Waals surface area contributed by atoms with E-state index in [9.17, 15) is 13.2 Å². The van der Waals surface area contributed by atoms with E-state index in [2.05, 4.69) is 10.0 Å². The molecule has 0 atom stereocenters. The Labute approximate surface area is 171 Å². The lowest BCUT2D eigenvalue weighted by atomic mass is 10.1. The van der Waals surface area contributed by atoms with Crippen LogP contribution in [0.3, 0.4) is 0 Å². The Hall–Kier alpha value is -3.12. The number of anilines is 2. The van der Waals surface area contributed by atoms with Crippen LogP contribution in [0, 0.1) is 27.7 Å². The van der Waals surface area contributed by atoms with Crippen LogP contribution in [-0.2, 0) is 10.0 Å². The quantitative estimate of drug-likeness (QED) is 0.626. The van der Waals surface area contributed by atoms with Crippen molar-refractivity contribution in [2.75, 3.05) is 10.0 Å².